The Morgan fingerprint density at radius 1 is 1.27 bits per heavy atom. The van der Waals surface area contributed by atoms with E-state index in [-0.39, 0.29) is 24.4 Å². The first-order valence-corrected chi connectivity index (χ1v) is 3.41. The second kappa shape index (κ2) is 2.52. The van der Waals surface area contributed by atoms with Crippen molar-refractivity contribution in [1.82, 2.24) is 5.32 Å². The molecule has 1 saturated carbocycles. The normalized spacial score (nSPS) is 41.2. The van der Waals surface area contributed by atoms with Crippen LogP contribution in [0.3, 0.4) is 0 Å². The van der Waals surface area contributed by atoms with E-state index in [1.165, 1.54) is 0 Å². The summed E-state index contributed by atoms with van der Waals surface area (Å²) in [5.74, 6) is -1.12. The zero-order valence-electron chi connectivity index (χ0n) is 5.69. The summed E-state index contributed by atoms with van der Waals surface area (Å²) < 4.78 is 35.8. The Bertz CT molecular complexity index is 148. The van der Waals surface area contributed by atoms with Gasteiger partial charge in [-0.25, -0.2) is 0 Å². The van der Waals surface area contributed by atoms with Gasteiger partial charge in [0, 0.05) is 6.04 Å². The molecule has 0 aromatic heterocycles. The predicted molar refractivity (Wildman–Crippen MR) is 36.7 cm³/mol. The maximum Gasteiger partial charge on any atom is 0.393 e. The predicted octanol–water partition coefficient (Wildman–Crippen LogP) is 1.58. The van der Waals surface area contributed by atoms with Crippen LogP contribution in [0.5, 0.6) is 0 Å². The fraction of sp³-hybridized carbons (Fsp3) is 1.00. The molecule has 1 aliphatic carbocycles. The molecule has 0 aromatic carbocycles. The minimum atomic E-state index is -3.96. The number of halogens is 4. The van der Waals surface area contributed by atoms with Gasteiger partial charge in [-0.15, -0.1) is 12.4 Å². The molecule has 3 atom stereocenters. The summed E-state index contributed by atoms with van der Waals surface area (Å²) in [4.78, 5) is 0. The molecular weight excluding hydrogens is 179 g/mol. The smallest absolute Gasteiger partial charge is 0.313 e. The first-order chi connectivity index (χ1) is 4.61. The third kappa shape index (κ3) is 1.34. The van der Waals surface area contributed by atoms with Gasteiger partial charge < -0.3 is 5.32 Å². The maximum atomic E-state index is 11.9. The monoisotopic (exact) mass is 187 g/mol. The zero-order chi connectivity index (χ0) is 7.35. The molecule has 0 bridgehead atoms. The fourth-order valence-electron chi connectivity index (χ4n) is 1.87. The summed E-state index contributed by atoms with van der Waals surface area (Å²) in [6.07, 6.45) is -3.25. The van der Waals surface area contributed by atoms with Crippen molar-refractivity contribution in [2.24, 2.45) is 11.8 Å². The highest BCUT2D eigenvalue weighted by Crippen LogP contribution is 2.54. The Morgan fingerprint density at radius 3 is 2.18 bits per heavy atom. The van der Waals surface area contributed by atoms with E-state index in [2.05, 4.69) is 5.32 Å². The van der Waals surface area contributed by atoms with Gasteiger partial charge in [0.05, 0.1) is 5.92 Å². The van der Waals surface area contributed by atoms with Gasteiger partial charge in [-0.1, -0.05) is 0 Å². The van der Waals surface area contributed by atoms with Gasteiger partial charge in [-0.2, -0.15) is 13.2 Å². The van der Waals surface area contributed by atoms with E-state index in [1.807, 2.05) is 0 Å². The molecule has 2 rings (SSSR count). The summed E-state index contributed by atoms with van der Waals surface area (Å²) >= 11 is 0. The van der Waals surface area contributed by atoms with Crippen LogP contribution in [0.2, 0.25) is 0 Å². The van der Waals surface area contributed by atoms with Crippen LogP contribution in [0.1, 0.15) is 6.42 Å². The van der Waals surface area contributed by atoms with Crippen LogP contribution >= 0.6 is 12.4 Å². The molecule has 0 radical (unpaired) electrons. The van der Waals surface area contributed by atoms with E-state index in [0.717, 1.165) is 6.54 Å². The highest BCUT2D eigenvalue weighted by Gasteiger charge is 2.65. The molecule has 5 heteroatoms. The van der Waals surface area contributed by atoms with Crippen molar-refractivity contribution in [2.75, 3.05) is 6.54 Å². The molecule has 0 spiro atoms. The van der Waals surface area contributed by atoms with Crippen molar-refractivity contribution in [3.05, 3.63) is 0 Å². The summed E-state index contributed by atoms with van der Waals surface area (Å²) in [5, 5.41) is 2.83. The minimum Gasteiger partial charge on any atom is -0.313 e. The topological polar surface area (TPSA) is 12.0 Å². The Labute approximate surface area is 68.8 Å². The SMILES string of the molecule is Cl.FC(F)(F)[C@H]1[C@H]2CCN[C@H]21. The van der Waals surface area contributed by atoms with E-state index in [9.17, 15) is 13.2 Å². The van der Waals surface area contributed by atoms with Crippen LogP contribution in [-0.4, -0.2) is 18.8 Å². The van der Waals surface area contributed by atoms with Gasteiger partial charge in [-0.05, 0) is 18.9 Å². The molecule has 1 nitrogen and oxygen atoms in total. The first kappa shape index (κ1) is 9.13. The lowest BCUT2D eigenvalue weighted by atomic mass is 10.2. The molecular formula is C6H9ClF3N. The molecule has 0 amide bonds. The van der Waals surface area contributed by atoms with Gasteiger partial charge in [0.2, 0.25) is 0 Å². The van der Waals surface area contributed by atoms with Crippen LogP contribution in [0.25, 0.3) is 0 Å². The molecule has 1 heterocycles. The molecule has 0 aromatic rings. The van der Waals surface area contributed by atoms with E-state index < -0.39 is 12.1 Å². The van der Waals surface area contributed by atoms with Gasteiger partial charge in [0.25, 0.3) is 0 Å². The molecule has 0 unspecified atom stereocenters. The Kier molecular flexibility index (Phi) is 2.09. The number of hydrogen-bond donors (Lipinski definition) is 1. The lowest BCUT2D eigenvalue weighted by Crippen LogP contribution is -2.24. The Balaban J connectivity index is 0.000000605. The third-order valence-electron chi connectivity index (χ3n) is 2.40. The molecule has 66 valence electrons. The number of rotatable bonds is 0. The van der Waals surface area contributed by atoms with Gasteiger partial charge in [0.1, 0.15) is 0 Å². The lowest BCUT2D eigenvalue weighted by Gasteiger charge is -2.07. The van der Waals surface area contributed by atoms with Crippen molar-refractivity contribution in [2.45, 2.75) is 18.6 Å². The number of hydrogen-bond acceptors (Lipinski definition) is 1. The molecule has 11 heavy (non-hydrogen) atoms. The van der Waals surface area contributed by atoms with Gasteiger partial charge in [0.15, 0.2) is 0 Å². The summed E-state index contributed by atoms with van der Waals surface area (Å²) in [7, 11) is 0. The van der Waals surface area contributed by atoms with Crippen molar-refractivity contribution in [3.8, 4) is 0 Å². The van der Waals surface area contributed by atoms with Crippen molar-refractivity contribution in [3.63, 3.8) is 0 Å². The molecule has 2 fully saturated rings. The zero-order valence-corrected chi connectivity index (χ0v) is 6.50. The second-order valence-corrected chi connectivity index (χ2v) is 3.00. The van der Waals surface area contributed by atoms with Gasteiger partial charge in [-0.3, -0.25) is 0 Å². The van der Waals surface area contributed by atoms with Gasteiger partial charge >= 0.3 is 6.18 Å². The summed E-state index contributed by atoms with van der Waals surface area (Å²) in [5.41, 5.74) is 0. The quantitative estimate of drug-likeness (QED) is 0.607. The van der Waals surface area contributed by atoms with E-state index in [4.69, 9.17) is 0 Å². The van der Waals surface area contributed by atoms with E-state index >= 15 is 0 Å². The van der Waals surface area contributed by atoms with Crippen LogP contribution in [0.4, 0.5) is 13.2 Å². The lowest BCUT2D eigenvalue weighted by molar-refractivity contribution is -0.153. The van der Waals surface area contributed by atoms with E-state index in [1.54, 1.807) is 0 Å². The molecule has 2 aliphatic rings. The van der Waals surface area contributed by atoms with Crippen LogP contribution < -0.4 is 5.32 Å². The first-order valence-electron chi connectivity index (χ1n) is 3.41. The molecule has 1 N–H and O–H groups in total. The van der Waals surface area contributed by atoms with Crippen molar-refractivity contribution in [1.29, 1.82) is 0 Å². The Hall–Kier alpha value is 0.0400. The average Bonchev–Trinajstić information content (AvgIpc) is 2.30. The number of piperidine rings is 1. The van der Waals surface area contributed by atoms with Crippen LogP contribution in [0.15, 0.2) is 0 Å². The maximum absolute atomic E-state index is 11.9. The highest BCUT2D eigenvalue weighted by atomic mass is 35.5. The average molecular weight is 188 g/mol. The summed E-state index contributed by atoms with van der Waals surface area (Å²) in [6, 6.07) is -0.236. The summed E-state index contributed by atoms with van der Waals surface area (Å²) in [6.45, 7) is 0.766. The standard InChI is InChI=1S/C6H8F3N.ClH/c7-6(8,9)4-3-1-2-10-5(3)4;/h3-5,10H,1-2H2;1H/t3-,4+,5-;/m1./s1. The van der Waals surface area contributed by atoms with Crippen LogP contribution in [0, 0.1) is 11.8 Å². The largest absolute Gasteiger partial charge is 0.393 e. The van der Waals surface area contributed by atoms with Crippen LogP contribution in [-0.2, 0) is 0 Å². The third-order valence-corrected chi connectivity index (χ3v) is 2.40. The molecule has 1 saturated heterocycles. The second-order valence-electron chi connectivity index (χ2n) is 3.00. The van der Waals surface area contributed by atoms with E-state index in [0.29, 0.717) is 6.42 Å². The van der Waals surface area contributed by atoms with Crippen molar-refractivity contribution >= 4 is 12.4 Å². The Morgan fingerprint density at radius 2 is 1.91 bits per heavy atom. The van der Waals surface area contributed by atoms with Crippen molar-refractivity contribution < 1.29 is 13.2 Å². The minimum absolute atomic E-state index is 0. The molecule has 1 aliphatic heterocycles. The number of fused-ring (bicyclic) bond motifs is 1. The fourth-order valence-corrected chi connectivity index (χ4v) is 1.87. The number of nitrogens with one attached hydrogen (secondary N) is 1. The highest BCUT2D eigenvalue weighted by molar-refractivity contribution is 5.85. The number of alkyl halides is 3.